The van der Waals surface area contributed by atoms with Gasteiger partial charge in [0, 0.05) is 6.04 Å². The van der Waals surface area contributed by atoms with Crippen LogP contribution in [0.25, 0.3) is 0 Å². The summed E-state index contributed by atoms with van der Waals surface area (Å²) in [6, 6.07) is -0.116. The maximum absolute atomic E-state index is 10.6. The van der Waals surface area contributed by atoms with E-state index < -0.39 is 10.0 Å². The summed E-state index contributed by atoms with van der Waals surface area (Å²) in [5.74, 6) is 0.102. The van der Waals surface area contributed by atoms with Gasteiger partial charge in [-0.15, -0.1) is 4.72 Å². The van der Waals surface area contributed by atoms with Gasteiger partial charge in [-0.1, -0.05) is 0 Å². The lowest BCUT2D eigenvalue weighted by atomic mass is 10.4. The topological polar surface area (TPSA) is 48.2 Å². The Hall–Kier alpha value is -0.0900. The first kappa shape index (κ1) is 8.91. The van der Waals surface area contributed by atoms with Gasteiger partial charge in [0.2, 0.25) is 10.0 Å². The van der Waals surface area contributed by atoms with Crippen LogP contribution in [0, 0.1) is 0 Å². The van der Waals surface area contributed by atoms with E-state index in [1.165, 1.54) is 0 Å². The van der Waals surface area contributed by atoms with E-state index in [0.717, 1.165) is 0 Å². The lowest BCUT2D eigenvalue weighted by Gasteiger charge is -2.02. The predicted octanol–water partition coefficient (Wildman–Crippen LogP) is 0.349. The van der Waals surface area contributed by atoms with Gasteiger partial charge in [0.15, 0.2) is 0 Å². The van der Waals surface area contributed by atoms with Gasteiger partial charge in [0.25, 0.3) is 0 Å². The third-order valence-electron chi connectivity index (χ3n) is 0.736. The second-order valence-corrected chi connectivity index (χ2v) is 4.02. The van der Waals surface area contributed by atoms with Crippen LogP contribution in [0.4, 0.5) is 0 Å². The van der Waals surface area contributed by atoms with Crippen LogP contribution < -0.4 is 4.72 Å². The van der Waals surface area contributed by atoms with Crippen LogP contribution in [0.1, 0.15) is 20.8 Å². The summed E-state index contributed by atoms with van der Waals surface area (Å²) in [5, 5.41) is 0. The predicted molar refractivity (Wildman–Crippen MR) is 36.7 cm³/mol. The van der Waals surface area contributed by atoms with Gasteiger partial charge in [-0.2, -0.15) is 0 Å². The van der Waals surface area contributed by atoms with Crippen LogP contribution in [0.15, 0.2) is 0 Å². The molecule has 0 saturated carbocycles. The number of sulfonamides is 1. The molecule has 1 radical (unpaired) electrons. The highest BCUT2D eigenvalue weighted by atomic mass is 32.2. The van der Waals surface area contributed by atoms with E-state index in [-0.39, 0.29) is 11.8 Å². The standard InChI is InChI=1S/C5H12NO2S/c1-4-9(7,8)6-5(2)3/h5H,4H2,1-3H3. The Bertz CT molecular complexity index is 160. The van der Waals surface area contributed by atoms with E-state index in [1.54, 1.807) is 20.8 Å². The summed E-state index contributed by atoms with van der Waals surface area (Å²) in [6.45, 7) is 5.07. The second-order valence-electron chi connectivity index (χ2n) is 2.07. The molecule has 0 aromatic carbocycles. The molecular weight excluding hydrogens is 138 g/mol. The summed E-state index contributed by atoms with van der Waals surface area (Å²) >= 11 is 0. The molecule has 0 saturated heterocycles. The van der Waals surface area contributed by atoms with Crippen molar-refractivity contribution in [2.45, 2.75) is 26.8 Å². The molecule has 55 valence electrons. The van der Waals surface area contributed by atoms with E-state index >= 15 is 0 Å². The number of rotatable bonds is 3. The van der Waals surface area contributed by atoms with Crippen molar-refractivity contribution >= 4 is 10.0 Å². The van der Waals surface area contributed by atoms with Gasteiger partial charge in [-0.3, -0.25) is 0 Å². The molecule has 3 nitrogen and oxygen atoms in total. The summed E-state index contributed by atoms with van der Waals surface area (Å²) < 4.78 is 24.8. The Morgan fingerprint density at radius 3 is 2.00 bits per heavy atom. The molecule has 0 heterocycles. The van der Waals surface area contributed by atoms with E-state index in [9.17, 15) is 8.42 Å². The summed E-state index contributed by atoms with van der Waals surface area (Å²) in [4.78, 5) is 0. The maximum Gasteiger partial charge on any atom is 0.227 e. The quantitative estimate of drug-likeness (QED) is 0.582. The number of nitrogens with zero attached hydrogens (tertiary/aromatic N) is 1. The van der Waals surface area contributed by atoms with Crippen molar-refractivity contribution in [3.05, 3.63) is 0 Å². The molecule has 9 heavy (non-hydrogen) atoms. The second kappa shape index (κ2) is 3.17. The third-order valence-corrected chi connectivity index (χ3v) is 2.21. The minimum absolute atomic E-state index is 0.102. The highest BCUT2D eigenvalue weighted by Gasteiger charge is 2.09. The van der Waals surface area contributed by atoms with Gasteiger partial charge in [-0.25, -0.2) is 8.42 Å². The van der Waals surface area contributed by atoms with Crippen LogP contribution in [-0.2, 0) is 10.0 Å². The molecule has 0 fully saturated rings. The Morgan fingerprint density at radius 2 is 1.89 bits per heavy atom. The Kier molecular flexibility index (Phi) is 3.14. The fourth-order valence-corrected chi connectivity index (χ4v) is 1.19. The normalized spacial score (nSPS) is 12.4. The molecule has 0 bridgehead atoms. The van der Waals surface area contributed by atoms with Gasteiger partial charge < -0.3 is 0 Å². The first-order valence-corrected chi connectivity index (χ1v) is 4.53. The Morgan fingerprint density at radius 1 is 1.44 bits per heavy atom. The van der Waals surface area contributed by atoms with Gasteiger partial charge >= 0.3 is 0 Å². The van der Waals surface area contributed by atoms with Crippen molar-refractivity contribution in [2.75, 3.05) is 5.75 Å². The van der Waals surface area contributed by atoms with E-state index in [4.69, 9.17) is 0 Å². The number of hydrogen-bond donors (Lipinski definition) is 0. The average molecular weight is 150 g/mol. The van der Waals surface area contributed by atoms with E-state index in [0.29, 0.717) is 0 Å². The molecular formula is C5H12NO2S. The molecule has 0 aromatic rings. The van der Waals surface area contributed by atoms with Gasteiger partial charge in [-0.05, 0) is 20.8 Å². The summed E-state index contributed by atoms with van der Waals surface area (Å²) in [5.41, 5.74) is 0. The molecule has 0 aliphatic rings. The fraction of sp³-hybridized carbons (Fsp3) is 1.00. The van der Waals surface area contributed by atoms with Gasteiger partial charge in [0.1, 0.15) is 0 Å². The van der Waals surface area contributed by atoms with Crippen molar-refractivity contribution in [1.29, 1.82) is 0 Å². The largest absolute Gasteiger partial charge is 0.227 e. The average Bonchev–Trinajstić information content (AvgIpc) is 1.63. The zero-order valence-electron chi connectivity index (χ0n) is 5.96. The van der Waals surface area contributed by atoms with Crippen LogP contribution in [0.3, 0.4) is 0 Å². The monoisotopic (exact) mass is 150 g/mol. The molecule has 0 unspecified atom stereocenters. The van der Waals surface area contributed by atoms with Gasteiger partial charge in [0.05, 0.1) is 5.75 Å². The molecule has 0 N–H and O–H groups in total. The lowest BCUT2D eigenvalue weighted by molar-refractivity contribution is 0.568. The van der Waals surface area contributed by atoms with Crippen molar-refractivity contribution < 1.29 is 8.42 Å². The van der Waals surface area contributed by atoms with Crippen LogP contribution in [0.2, 0.25) is 0 Å². The van der Waals surface area contributed by atoms with E-state index in [1.807, 2.05) is 0 Å². The zero-order chi connectivity index (χ0) is 7.49. The minimum Gasteiger partial charge on any atom is -0.211 e. The van der Waals surface area contributed by atoms with Crippen molar-refractivity contribution in [1.82, 2.24) is 4.72 Å². The lowest BCUT2D eigenvalue weighted by Crippen LogP contribution is -2.24. The SMILES string of the molecule is CCS(=O)(=O)[N]C(C)C. The summed E-state index contributed by atoms with van der Waals surface area (Å²) in [7, 11) is -3.09. The van der Waals surface area contributed by atoms with E-state index in [2.05, 4.69) is 4.72 Å². The molecule has 0 spiro atoms. The number of hydrogen-bond acceptors (Lipinski definition) is 2. The molecule has 0 atom stereocenters. The van der Waals surface area contributed by atoms with Crippen LogP contribution in [0.5, 0.6) is 0 Å². The van der Waals surface area contributed by atoms with Crippen LogP contribution >= 0.6 is 0 Å². The zero-order valence-corrected chi connectivity index (χ0v) is 6.77. The highest BCUT2D eigenvalue weighted by molar-refractivity contribution is 7.89. The third kappa shape index (κ3) is 4.42. The molecule has 0 rings (SSSR count). The molecule has 0 aromatic heterocycles. The molecule has 0 amide bonds. The smallest absolute Gasteiger partial charge is 0.211 e. The van der Waals surface area contributed by atoms with Crippen molar-refractivity contribution in [2.24, 2.45) is 0 Å². The minimum atomic E-state index is -3.09. The van der Waals surface area contributed by atoms with Crippen molar-refractivity contribution in [3.63, 3.8) is 0 Å². The molecule has 0 aliphatic heterocycles. The summed E-state index contributed by atoms with van der Waals surface area (Å²) in [6.07, 6.45) is 0. The Balaban J connectivity index is 3.90. The Labute approximate surface area is 56.5 Å². The molecule has 0 aliphatic carbocycles. The first-order valence-electron chi connectivity index (χ1n) is 2.92. The molecule has 4 heteroatoms. The maximum atomic E-state index is 10.6. The fourth-order valence-electron chi connectivity index (χ4n) is 0.396. The van der Waals surface area contributed by atoms with Crippen molar-refractivity contribution in [3.8, 4) is 0 Å². The van der Waals surface area contributed by atoms with Crippen LogP contribution in [-0.4, -0.2) is 20.2 Å². The highest BCUT2D eigenvalue weighted by Crippen LogP contribution is 1.89. The first-order chi connectivity index (χ1) is 3.98.